The molecule has 0 saturated carbocycles. The Bertz CT molecular complexity index is 946. The summed E-state index contributed by atoms with van der Waals surface area (Å²) in [6, 6.07) is 0. The Morgan fingerprint density at radius 3 is 1.24 bits per heavy atom. The minimum atomic E-state index is -4.75. The Kier molecular flexibility index (Phi) is 41.0. The number of phosphoric acid groups is 1. The van der Waals surface area contributed by atoms with Gasteiger partial charge in [-0.15, -0.1) is 0 Å². The van der Waals surface area contributed by atoms with Crippen LogP contribution in [-0.4, -0.2) is 41.0 Å². The highest BCUT2D eigenvalue weighted by Gasteiger charge is 2.23. The molecule has 0 saturated heterocycles. The second-order valence-corrected chi connectivity index (χ2v) is 17.0. The maximum absolute atomic E-state index is 12.4. The Labute approximate surface area is 339 Å². The maximum atomic E-state index is 12.4. The third-order valence-corrected chi connectivity index (χ3v) is 10.7. The van der Waals surface area contributed by atoms with Crippen LogP contribution in [0.15, 0.2) is 24.3 Å². The molecule has 0 amide bonds. The lowest BCUT2D eigenvalue weighted by Crippen LogP contribution is -2.29. The van der Waals surface area contributed by atoms with E-state index in [0.717, 1.165) is 51.4 Å². The molecule has 1 atom stereocenters. The average molecular weight is 799 g/mol. The summed E-state index contributed by atoms with van der Waals surface area (Å²) in [4.78, 5) is 43.0. The van der Waals surface area contributed by atoms with E-state index in [4.69, 9.17) is 19.3 Å². The summed E-state index contributed by atoms with van der Waals surface area (Å²) in [5.41, 5.74) is 0. The van der Waals surface area contributed by atoms with Gasteiger partial charge in [0.2, 0.25) is 0 Å². The lowest BCUT2D eigenvalue weighted by atomic mass is 10.0. The van der Waals surface area contributed by atoms with Crippen LogP contribution in [0.2, 0.25) is 0 Å². The van der Waals surface area contributed by atoms with Gasteiger partial charge in [-0.05, 0) is 44.9 Å². The van der Waals surface area contributed by atoms with Gasteiger partial charge in [0.1, 0.15) is 6.61 Å². The fraction of sp³-hybridized carbons (Fsp3) is 0.870. The molecule has 324 valence electrons. The molecule has 0 aliphatic rings. The average Bonchev–Trinajstić information content (AvgIpc) is 3.16. The van der Waals surface area contributed by atoms with E-state index in [1.54, 1.807) is 0 Å². The van der Waals surface area contributed by atoms with Crippen molar-refractivity contribution in [3.63, 3.8) is 0 Å². The van der Waals surface area contributed by atoms with Crippen LogP contribution in [0.4, 0.5) is 0 Å². The first kappa shape index (κ1) is 53.5. The van der Waals surface area contributed by atoms with Crippen molar-refractivity contribution in [1.82, 2.24) is 0 Å². The number of unbranched alkanes of at least 4 members (excludes halogenated alkanes) is 29. The van der Waals surface area contributed by atoms with Gasteiger partial charge in [0, 0.05) is 12.8 Å². The number of ether oxygens (including phenoxy) is 2. The van der Waals surface area contributed by atoms with E-state index in [-0.39, 0.29) is 19.4 Å². The number of esters is 2. The standard InChI is InChI=1S/C46H87O8P/c1-3-5-7-9-11-13-15-17-19-21-23-25-27-29-31-33-35-37-39-41-46(48)54-44(43-53-55(49,50)51)42-52-45(47)40-38-36-34-32-30-28-26-24-22-20-18-16-14-12-10-8-6-4-2/h11,13,17,19,44H,3-10,12,14-16,18,20-43H2,1-2H3,(H2,49,50,51)/b13-11-,19-17-/t44-/m1/s1. The van der Waals surface area contributed by atoms with Gasteiger partial charge in [-0.2, -0.15) is 0 Å². The van der Waals surface area contributed by atoms with Crippen molar-refractivity contribution >= 4 is 19.8 Å². The van der Waals surface area contributed by atoms with Crippen molar-refractivity contribution in [2.24, 2.45) is 0 Å². The van der Waals surface area contributed by atoms with E-state index in [0.29, 0.717) is 6.42 Å². The van der Waals surface area contributed by atoms with E-state index >= 15 is 0 Å². The number of carbonyl (C=O) groups is 2. The molecule has 0 heterocycles. The molecule has 0 aromatic carbocycles. The van der Waals surface area contributed by atoms with Crippen LogP contribution in [0.1, 0.15) is 239 Å². The van der Waals surface area contributed by atoms with Crippen LogP contribution >= 0.6 is 7.82 Å². The van der Waals surface area contributed by atoms with Gasteiger partial charge in [-0.25, -0.2) is 4.57 Å². The SMILES string of the molecule is CCCCC/C=C\C/C=C\CCCCCCCCCCCC(=O)O[C@H](COC(=O)CCCCCCCCCCCCCCCCCCCC)COP(=O)(O)O. The van der Waals surface area contributed by atoms with E-state index in [1.165, 1.54) is 154 Å². The lowest BCUT2D eigenvalue weighted by molar-refractivity contribution is -0.161. The summed E-state index contributed by atoms with van der Waals surface area (Å²) in [7, 11) is -4.75. The molecule has 0 aliphatic heterocycles. The smallest absolute Gasteiger partial charge is 0.462 e. The van der Waals surface area contributed by atoms with Gasteiger partial charge >= 0.3 is 19.8 Å². The minimum absolute atomic E-state index is 0.210. The first-order chi connectivity index (χ1) is 26.8. The highest BCUT2D eigenvalue weighted by Crippen LogP contribution is 2.36. The second-order valence-electron chi connectivity index (χ2n) is 15.7. The van der Waals surface area contributed by atoms with Crippen LogP contribution in [0.3, 0.4) is 0 Å². The molecule has 0 aromatic heterocycles. The molecular formula is C46H87O8P. The van der Waals surface area contributed by atoms with Gasteiger partial charge < -0.3 is 19.3 Å². The van der Waals surface area contributed by atoms with Crippen LogP contribution in [0, 0.1) is 0 Å². The molecule has 2 N–H and O–H groups in total. The van der Waals surface area contributed by atoms with Gasteiger partial charge in [0.25, 0.3) is 0 Å². The zero-order valence-electron chi connectivity index (χ0n) is 35.8. The monoisotopic (exact) mass is 799 g/mol. The van der Waals surface area contributed by atoms with E-state index in [1.807, 2.05) is 0 Å². The normalized spacial score (nSPS) is 12.6. The first-order valence-corrected chi connectivity index (χ1v) is 24.7. The van der Waals surface area contributed by atoms with E-state index < -0.39 is 32.5 Å². The minimum Gasteiger partial charge on any atom is -0.462 e. The Morgan fingerprint density at radius 1 is 0.473 bits per heavy atom. The molecule has 0 radical (unpaired) electrons. The molecule has 0 bridgehead atoms. The zero-order chi connectivity index (χ0) is 40.3. The third kappa shape index (κ3) is 45.1. The molecule has 55 heavy (non-hydrogen) atoms. The fourth-order valence-electron chi connectivity index (χ4n) is 6.76. The molecular weight excluding hydrogens is 711 g/mol. The van der Waals surface area contributed by atoms with Crippen LogP contribution in [-0.2, 0) is 28.2 Å². The van der Waals surface area contributed by atoms with Gasteiger partial charge in [0.05, 0.1) is 6.61 Å². The Morgan fingerprint density at radius 2 is 0.818 bits per heavy atom. The summed E-state index contributed by atoms with van der Waals surface area (Å²) in [6.45, 7) is 3.69. The second kappa shape index (κ2) is 42.1. The third-order valence-electron chi connectivity index (χ3n) is 10.2. The summed E-state index contributed by atoms with van der Waals surface area (Å²) in [5.74, 6) is -0.877. The highest BCUT2D eigenvalue weighted by atomic mass is 31.2. The van der Waals surface area contributed by atoms with Gasteiger partial charge in [-0.1, -0.05) is 205 Å². The van der Waals surface area contributed by atoms with Crippen molar-refractivity contribution in [3.05, 3.63) is 24.3 Å². The maximum Gasteiger partial charge on any atom is 0.469 e. The Balaban J connectivity index is 3.84. The van der Waals surface area contributed by atoms with Gasteiger partial charge in [0.15, 0.2) is 6.10 Å². The van der Waals surface area contributed by atoms with Gasteiger partial charge in [-0.3, -0.25) is 14.1 Å². The van der Waals surface area contributed by atoms with Crippen LogP contribution in [0.5, 0.6) is 0 Å². The predicted octanol–water partition coefficient (Wildman–Crippen LogP) is 14.4. The summed E-state index contributed by atoms with van der Waals surface area (Å²) in [5, 5.41) is 0. The number of hydrogen-bond donors (Lipinski definition) is 2. The van der Waals surface area contributed by atoms with E-state index in [2.05, 4.69) is 42.7 Å². The highest BCUT2D eigenvalue weighted by molar-refractivity contribution is 7.46. The molecule has 0 rings (SSSR count). The van der Waals surface area contributed by atoms with Crippen molar-refractivity contribution in [1.29, 1.82) is 0 Å². The zero-order valence-corrected chi connectivity index (χ0v) is 36.7. The number of carbonyl (C=O) groups excluding carboxylic acids is 2. The number of allylic oxidation sites excluding steroid dienone is 4. The van der Waals surface area contributed by atoms with Crippen molar-refractivity contribution in [3.8, 4) is 0 Å². The molecule has 9 heteroatoms. The van der Waals surface area contributed by atoms with Crippen LogP contribution < -0.4 is 0 Å². The summed E-state index contributed by atoms with van der Waals surface area (Å²) >= 11 is 0. The van der Waals surface area contributed by atoms with Crippen LogP contribution in [0.25, 0.3) is 0 Å². The summed E-state index contributed by atoms with van der Waals surface area (Å²) in [6.07, 6.45) is 49.0. The van der Waals surface area contributed by atoms with Crippen molar-refractivity contribution < 1.29 is 37.9 Å². The largest absolute Gasteiger partial charge is 0.469 e. The molecule has 0 unspecified atom stereocenters. The van der Waals surface area contributed by atoms with Crippen molar-refractivity contribution in [2.75, 3.05) is 13.2 Å². The molecule has 0 aliphatic carbocycles. The lowest BCUT2D eigenvalue weighted by Gasteiger charge is -2.18. The number of rotatable bonds is 43. The predicted molar refractivity (Wildman–Crippen MR) is 230 cm³/mol. The fourth-order valence-corrected chi connectivity index (χ4v) is 7.12. The molecule has 0 aromatic rings. The molecule has 8 nitrogen and oxygen atoms in total. The Hall–Kier alpha value is -1.47. The topological polar surface area (TPSA) is 119 Å². The molecule has 0 fully saturated rings. The number of hydrogen-bond acceptors (Lipinski definition) is 6. The summed E-state index contributed by atoms with van der Waals surface area (Å²) < 4.78 is 26.5. The number of phosphoric ester groups is 1. The van der Waals surface area contributed by atoms with Crippen molar-refractivity contribution in [2.45, 2.75) is 245 Å². The molecule has 0 spiro atoms. The first-order valence-electron chi connectivity index (χ1n) is 23.1. The van der Waals surface area contributed by atoms with E-state index in [9.17, 15) is 14.2 Å². The quantitative estimate of drug-likeness (QED) is 0.0271.